The summed E-state index contributed by atoms with van der Waals surface area (Å²) in [4.78, 5) is 29.9. The van der Waals surface area contributed by atoms with Crippen LogP contribution in [0.3, 0.4) is 0 Å². The molecule has 14 heteroatoms. The number of hydrogen-bond donors (Lipinski definition) is 1. The number of carbonyl (C=O) groups excluding carboxylic acids is 2. The van der Waals surface area contributed by atoms with Crippen LogP contribution in [0.1, 0.15) is 51.4 Å². The Kier molecular flexibility index (Phi) is 10.8. The summed E-state index contributed by atoms with van der Waals surface area (Å²) in [6.07, 6.45) is 2.63. The normalized spacial score (nSPS) is 18.6. The predicted octanol–water partition coefficient (Wildman–Crippen LogP) is 5.79. The van der Waals surface area contributed by atoms with E-state index in [2.05, 4.69) is 4.90 Å². The lowest BCUT2D eigenvalue weighted by atomic mass is 9.80. The summed E-state index contributed by atoms with van der Waals surface area (Å²) in [6.45, 7) is 1.79. The summed E-state index contributed by atoms with van der Waals surface area (Å²) in [5.74, 6) is -3.58. The summed E-state index contributed by atoms with van der Waals surface area (Å²) in [5.41, 5.74) is 0.390. The molecule has 0 saturated carbocycles. The zero-order valence-corrected chi connectivity index (χ0v) is 29.3. The van der Waals surface area contributed by atoms with Crippen LogP contribution in [0, 0.1) is 17.6 Å². The maximum atomic E-state index is 15.5. The van der Waals surface area contributed by atoms with Crippen LogP contribution < -0.4 is 24.2 Å². The molecule has 1 N–H and O–H groups in total. The first kappa shape index (κ1) is 36.2. The highest BCUT2D eigenvalue weighted by Gasteiger charge is 2.38. The quantitative estimate of drug-likeness (QED) is 0.152. The van der Waals surface area contributed by atoms with Gasteiger partial charge in [0.05, 0.1) is 26.7 Å². The fourth-order valence-corrected chi connectivity index (χ4v) is 7.73. The van der Waals surface area contributed by atoms with Crippen LogP contribution >= 0.6 is 23.2 Å². The van der Waals surface area contributed by atoms with Crippen molar-refractivity contribution in [2.45, 2.75) is 37.8 Å². The van der Waals surface area contributed by atoms with Crippen LogP contribution in [-0.2, 0) is 17.7 Å². The molecular formula is C37H35Cl2F2N3O7. The number of carboxylic acids is 1. The Morgan fingerprint density at radius 3 is 2.24 bits per heavy atom. The maximum Gasteiger partial charge on any atom is 0.415 e. The van der Waals surface area contributed by atoms with Crippen LogP contribution in [0.15, 0.2) is 67.0 Å². The molecule has 2 atom stereocenters. The van der Waals surface area contributed by atoms with Crippen molar-refractivity contribution in [1.29, 1.82) is 0 Å². The van der Waals surface area contributed by atoms with Gasteiger partial charge in [0.2, 0.25) is 12.4 Å². The number of piperidine rings is 3. The molecular weight excluding hydrogens is 707 g/mol. The van der Waals surface area contributed by atoms with E-state index in [9.17, 15) is 19.9 Å². The minimum Gasteiger partial charge on any atom is -0.545 e. The second-order valence-electron chi connectivity index (χ2n) is 12.6. The molecule has 3 aliphatic heterocycles. The molecule has 0 radical (unpaired) electrons. The molecule has 268 valence electrons. The molecule has 0 aliphatic carbocycles. The first-order chi connectivity index (χ1) is 24.5. The van der Waals surface area contributed by atoms with E-state index < -0.39 is 48.0 Å². The standard InChI is InChI=1S/C37H35Cl2F2N3O7/c1-49-31-10-9-22(15-32(31)50-2)25(16-26-27(38)18-43(48)19-28(26)39)34-23(5-3-6-24(34)36(45)46)17-44(35-29(40)7-4-8-30(35)41)37(47)51-33-20-42-13-11-21(33)12-14-42/h3-10,15,18-19,21,25,33H,11-14,16-17,20H2,1-2H3,(H-,45,46,48)/t25-,33-/m0/s1. The topological polar surface area (TPSA) is 115 Å². The van der Waals surface area contributed by atoms with E-state index in [0.29, 0.717) is 33.9 Å². The molecule has 3 aromatic carbocycles. The van der Waals surface area contributed by atoms with E-state index in [-0.39, 0.29) is 39.1 Å². The van der Waals surface area contributed by atoms with E-state index in [1.807, 2.05) is 0 Å². The average Bonchev–Trinajstić information content (AvgIpc) is 3.11. The fraction of sp³-hybridized carbons (Fsp3) is 0.324. The summed E-state index contributed by atoms with van der Waals surface area (Å²) in [5, 5.41) is 23.0. The summed E-state index contributed by atoms with van der Waals surface area (Å²) in [6, 6.07) is 12.6. The molecule has 51 heavy (non-hydrogen) atoms. The molecule has 4 aromatic rings. The number of halogens is 4. The van der Waals surface area contributed by atoms with E-state index >= 15 is 8.78 Å². The smallest absolute Gasteiger partial charge is 0.415 e. The molecule has 4 heterocycles. The highest BCUT2D eigenvalue weighted by molar-refractivity contribution is 6.35. The first-order valence-corrected chi connectivity index (χ1v) is 17.0. The third-order valence-electron chi connectivity index (χ3n) is 9.66. The van der Waals surface area contributed by atoms with E-state index in [1.54, 1.807) is 24.3 Å². The van der Waals surface area contributed by atoms with Crippen molar-refractivity contribution in [3.63, 3.8) is 0 Å². The highest BCUT2D eigenvalue weighted by Crippen LogP contribution is 2.41. The molecule has 3 saturated heterocycles. The van der Waals surface area contributed by atoms with Crippen molar-refractivity contribution in [2.75, 3.05) is 38.8 Å². The van der Waals surface area contributed by atoms with Crippen LogP contribution in [0.25, 0.3) is 0 Å². The third kappa shape index (κ3) is 7.53. The Hall–Kier alpha value is -4.65. The molecule has 7 rings (SSSR count). The van der Waals surface area contributed by atoms with Gasteiger partial charge in [-0.05, 0) is 79.2 Å². The average molecular weight is 743 g/mol. The van der Waals surface area contributed by atoms with Gasteiger partial charge in [0.1, 0.15) is 33.5 Å². The first-order valence-electron chi connectivity index (χ1n) is 16.3. The lowest BCUT2D eigenvalue weighted by Gasteiger charge is -2.44. The van der Waals surface area contributed by atoms with Gasteiger partial charge in [-0.15, -0.1) is 0 Å². The second-order valence-corrected chi connectivity index (χ2v) is 13.4. The predicted molar refractivity (Wildman–Crippen MR) is 182 cm³/mol. The van der Waals surface area contributed by atoms with Gasteiger partial charge in [-0.2, -0.15) is 0 Å². The summed E-state index contributed by atoms with van der Waals surface area (Å²) < 4.78 is 48.7. The van der Waals surface area contributed by atoms with Crippen LogP contribution in [0.2, 0.25) is 10.0 Å². The van der Waals surface area contributed by atoms with Gasteiger partial charge >= 0.3 is 6.09 Å². The number of para-hydroxylation sites is 1. The molecule has 1 aromatic heterocycles. The molecule has 0 spiro atoms. The SMILES string of the molecule is COc1ccc([C@H](Cc2c(Cl)c[n+](O)cc2Cl)c2c(CN(C(=O)O[C@H]3CN4CCC3CC4)c3c(F)cccc3F)cccc2C(=O)[O-])cc1OC. The van der Waals surface area contributed by atoms with Crippen molar-refractivity contribution in [2.24, 2.45) is 5.92 Å². The third-order valence-corrected chi connectivity index (χ3v) is 10.3. The Labute approximate surface area is 303 Å². The molecule has 3 fully saturated rings. The zero-order chi connectivity index (χ0) is 36.4. The summed E-state index contributed by atoms with van der Waals surface area (Å²) in [7, 11) is 2.92. The molecule has 3 aliphatic rings. The minimum absolute atomic E-state index is 0.0244. The van der Waals surface area contributed by atoms with Crippen LogP contribution in [0.4, 0.5) is 19.3 Å². The minimum atomic E-state index is -1.53. The molecule has 2 bridgehead atoms. The maximum absolute atomic E-state index is 15.5. The van der Waals surface area contributed by atoms with Gasteiger partial charge in [0.25, 0.3) is 0 Å². The number of carbonyl (C=O) groups is 2. The Morgan fingerprint density at radius 2 is 1.65 bits per heavy atom. The lowest BCUT2D eigenvalue weighted by molar-refractivity contribution is -0.904. The van der Waals surface area contributed by atoms with Crippen molar-refractivity contribution < 1.29 is 47.6 Å². The molecule has 0 unspecified atom stereocenters. The van der Waals surface area contributed by atoms with Crippen molar-refractivity contribution in [3.05, 3.63) is 116 Å². The monoisotopic (exact) mass is 741 g/mol. The second kappa shape index (κ2) is 15.3. The number of ether oxygens (including phenoxy) is 3. The fourth-order valence-electron chi connectivity index (χ4n) is 7.12. The van der Waals surface area contributed by atoms with Gasteiger partial charge in [0, 0.05) is 28.3 Å². The van der Waals surface area contributed by atoms with Gasteiger partial charge in [-0.1, -0.05) is 53.5 Å². The largest absolute Gasteiger partial charge is 0.545 e. The van der Waals surface area contributed by atoms with Gasteiger partial charge < -0.3 is 24.1 Å². The Morgan fingerprint density at radius 1 is 1.00 bits per heavy atom. The van der Waals surface area contributed by atoms with Crippen molar-refractivity contribution in [1.82, 2.24) is 4.90 Å². The van der Waals surface area contributed by atoms with E-state index in [1.165, 1.54) is 44.8 Å². The lowest BCUT2D eigenvalue weighted by Crippen LogP contribution is -2.53. The van der Waals surface area contributed by atoms with Crippen LogP contribution in [0.5, 0.6) is 11.5 Å². The molecule has 1 amide bonds. The number of benzene rings is 3. The number of methoxy groups -OCH3 is 2. The van der Waals surface area contributed by atoms with Crippen LogP contribution in [-0.4, -0.2) is 62.1 Å². The summed E-state index contributed by atoms with van der Waals surface area (Å²) >= 11 is 13.1. The van der Waals surface area contributed by atoms with E-state index in [4.69, 9.17) is 37.4 Å². The van der Waals surface area contributed by atoms with Gasteiger partial charge in [-0.25, -0.2) is 13.6 Å². The number of aromatic nitrogens is 1. The number of anilines is 1. The number of hydrogen-bond acceptors (Lipinski definition) is 8. The van der Waals surface area contributed by atoms with Gasteiger partial charge in [0.15, 0.2) is 11.5 Å². The van der Waals surface area contributed by atoms with Crippen molar-refractivity contribution >= 4 is 41.0 Å². The van der Waals surface area contributed by atoms with Gasteiger partial charge in [-0.3, -0.25) is 15.0 Å². The number of nitrogens with zero attached hydrogens (tertiary/aromatic N) is 3. The Bertz CT molecular complexity index is 1910. The number of rotatable bonds is 11. The number of amides is 1. The number of fused-ring (bicyclic) bond motifs is 3. The number of pyridine rings is 1. The van der Waals surface area contributed by atoms with Crippen molar-refractivity contribution in [3.8, 4) is 11.5 Å². The number of aromatic carboxylic acids is 1. The molecule has 10 nitrogen and oxygen atoms in total. The highest BCUT2D eigenvalue weighted by atomic mass is 35.5. The van der Waals surface area contributed by atoms with E-state index in [0.717, 1.165) is 43.0 Å². The zero-order valence-electron chi connectivity index (χ0n) is 27.8. The Balaban J connectivity index is 1.51. The number of carboxylic acid groups (broad SMARTS) is 1.